The molecule has 0 aliphatic rings. The zero-order valence-electron chi connectivity index (χ0n) is 9.08. The smallest absolute Gasteiger partial charge is 0.251 e. The molecule has 0 radical (unpaired) electrons. The maximum Gasteiger partial charge on any atom is 0.251 e. The van der Waals surface area contributed by atoms with Gasteiger partial charge in [0.05, 0.1) is 0 Å². The molecule has 0 bridgehead atoms. The molecule has 1 rings (SSSR count). The van der Waals surface area contributed by atoms with E-state index in [0.29, 0.717) is 17.8 Å². The highest BCUT2D eigenvalue weighted by molar-refractivity contribution is 5.94. The van der Waals surface area contributed by atoms with Crippen molar-refractivity contribution in [2.75, 3.05) is 12.3 Å². The zero-order chi connectivity index (χ0) is 11.3. The number of carbonyl (C=O) groups excluding carboxylic acids is 1. The normalized spacial score (nSPS) is 9.47. The van der Waals surface area contributed by atoms with Crippen molar-refractivity contribution >= 4 is 11.6 Å². The lowest BCUT2D eigenvalue weighted by Crippen LogP contribution is -2.23. The number of benzene rings is 1. The summed E-state index contributed by atoms with van der Waals surface area (Å²) in [5.74, 6) is -0.0764. The standard InChI is InChI=1S/C12H16N2O/c1-9(2)7-8-14-12(15)10-3-5-11(13)6-4-10/h3-7H,8,13H2,1-2H3,(H,14,15). The summed E-state index contributed by atoms with van der Waals surface area (Å²) >= 11 is 0. The van der Waals surface area contributed by atoms with Gasteiger partial charge in [0.15, 0.2) is 0 Å². The van der Waals surface area contributed by atoms with Crippen molar-refractivity contribution < 1.29 is 4.79 Å². The van der Waals surface area contributed by atoms with Crippen molar-refractivity contribution in [3.8, 4) is 0 Å². The fourth-order valence-electron chi connectivity index (χ4n) is 1.08. The van der Waals surface area contributed by atoms with Crippen LogP contribution >= 0.6 is 0 Å². The van der Waals surface area contributed by atoms with Crippen LogP contribution in [0.1, 0.15) is 24.2 Å². The maximum atomic E-state index is 11.6. The molecular formula is C12H16N2O. The molecule has 80 valence electrons. The first-order chi connectivity index (χ1) is 7.09. The zero-order valence-corrected chi connectivity index (χ0v) is 9.08. The summed E-state index contributed by atoms with van der Waals surface area (Å²) in [5, 5.41) is 2.79. The van der Waals surface area contributed by atoms with Gasteiger partial charge < -0.3 is 11.1 Å². The fraction of sp³-hybridized carbons (Fsp3) is 0.250. The van der Waals surface area contributed by atoms with Crippen molar-refractivity contribution in [2.45, 2.75) is 13.8 Å². The number of hydrogen-bond acceptors (Lipinski definition) is 2. The van der Waals surface area contributed by atoms with Gasteiger partial charge in [0.2, 0.25) is 0 Å². The average Bonchev–Trinajstić information content (AvgIpc) is 2.18. The van der Waals surface area contributed by atoms with Gasteiger partial charge in [-0.05, 0) is 38.1 Å². The second-order valence-corrected chi connectivity index (χ2v) is 3.61. The van der Waals surface area contributed by atoms with Gasteiger partial charge >= 0.3 is 0 Å². The summed E-state index contributed by atoms with van der Waals surface area (Å²) in [4.78, 5) is 11.6. The molecular weight excluding hydrogens is 188 g/mol. The SMILES string of the molecule is CC(C)=CCNC(=O)c1ccc(N)cc1. The van der Waals surface area contributed by atoms with Gasteiger partial charge in [-0.1, -0.05) is 11.6 Å². The van der Waals surface area contributed by atoms with Gasteiger partial charge in [-0.25, -0.2) is 0 Å². The molecule has 0 saturated heterocycles. The molecule has 0 atom stereocenters. The molecule has 0 aromatic heterocycles. The molecule has 0 aliphatic carbocycles. The van der Waals surface area contributed by atoms with Gasteiger partial charge in [-0.15, -0.1) is 0 Å². The number of anilines is 1. The molecule has 3 N–H and O–H groups in total. The molecule has 0 fully saturated rings. The lowest BCUT2D eigenvalue weighted by Gasteiger charge is -2.02. The highest BCUT2D eigenvalue weighted by atomic mass is 16.1. The van der Waals surface area contributed by atoms with Crippen LogP contribution < -0.4 is 11.1 Å². The fourth-order valence-corrected chi connectivity index (χ4v) is 1.08. The quantitative estimate of drug-likeness (QED) is 0.584. The van der Waals surface area contributed by atoms with Crippen LogP contribution in [0.25, 0.3) is 0 Å². The summed E-state index contributed by atoms with van der Waals surface area (Å²) < 4.78 is 0. The Morgan fingerprint density at radius 3 is 2.47 bits per heavy atom. The molecule has 0 saturated carbocycles. The molecule has 3 nitrogen and oxygen atoms in total. The number of hydrogen-bond donors (Lipinski definition) is 2. The van der Waals surface area contributed by atoms with E-state index in [1.165, 1.54) is 5.57 Å². The van der Waals surface area contributed by atoms with Gasteiger partial charge in [-0.2, -0.15) is 0 Å². The molecule has 0 aliphatic heterocycles. The Balaban J connectivity index is 2.54. The van der Waals surface area contributed by atoms with Crippen molar-refractivity contribution in [3.05, 3.63) is 41.5 Å². The van der Waals surface area contributed by atoms with Gasteiger partial charge in [0.1, 0.15) is 0 Å². The lowest BCUT2D eigenvalue weighted by molar-refractivity contribution is 0.0958. The molecule has 15 heavy (non-hydrogen) atoms. The Morgan fingerprint density at radius 1 is 1.33 bits per heavy atom. The second-order valence-electron chi connectivity index (χ2n) is 3.61. The number of rotatable bonds is 3. The summed E-state index contributed by atoms with van der Waals surface area (Å²) in [6, 6.07) is 6.87. The minimum atomic E-state index is -0.0764. The number of nitrogens with two attached hydrogens (primary N) is 1. The Kier molecular flexibility index (Phi) is 3.92. The van der Waals surface area contributed by atoms with Crippen LogP contribution in [-0.4, -0.2) is 12.5 Å². The Labute approximate surface area is 90.0 Å². The van der Waals surface area contributed by atoms with Crippen LogP contribution in [-0.2, 0) is 0 Å². The van der Waals surface area contributed by atoms with E-state index >= 15 is 0 Å². The van der Waals surface area contributed by atoms with Crippen LogP contribution in [0.3, 0.4) is 0 Å². The molecule has 1 amide bonds. The highest BCUT2D eigenvalue weighted by Gasteiger charge is 2.02. The third kappa shape index (κ3) is 3.85. The van der Waals surface area contributed by atoms with Gasteiger partial charge in [-0.3, -0.25) is 4.79 Å². The number of allylic oxidation sites excluding steroid dienone is 1. The van der Waals surface area contributed by atoms with E-state index < -0.39 is 0 Å². The maximum absolute atomic E-state index is 11.6. The molecule has 0 spiro atoms. The largest absolute Gasteiger partial charge is 0.399 e. The lowest BCUT2D eigenvalue weighted by atomic mass is 10.2. The van der Waals surface area contributed by atoms with Gasteiger partial charge in [0, 0.05) is 17.8 Å². The summed E-state index contributed by atoms with van der Waals surface area (Å²) in [6.07, 6.45) is 1.97. The van der Waals surface area contributed by atoms with E-state index in [4.69, 9.17) is 5.73 Å². The van der Waals surface area contributed by atoms with Gasteiger partial charge in [0.25, 0.3) is 5.91 Å². The summed E-state index contributed by atoms with van der Waals surface area (Å²) in [6.45, 7) is 4.55. The van der Waals surface area contributed by atoms with Crippen LogP contribution in [0.5, 0.6) is 0 Å². The molecule has 0 heterocycles. The predicted molar refractivity (Wildman–Crippen MR) is 62.6 cm³/mol. The van der Waals surface area contributed by atoms with Crippen LogP contribution in [0.15, 0.2) is 35.9 Å². The molecule has 0 unspecified atom stereocenters. The predicted octanol–water partition coefficient (Wildman–Crippen LogP) is 1.96. The van der Waals surface area contributed by atoms with E-state index in [0.717, 1.165) is 0 Å². The monoisotopic (exact) mass is 204 g/mol. The Hall–Kier alpha value is -1.77. The average molecular weight is 204 g/mol. The molecule has 3 heteroatoms. The van der Waals surface area contributed by atoms with Crippen molar-refractivity contribution in [2.24, 2.45) is 0 Å². The third-order valence-corrected chi connectivity index (χ3v) is 1.95. The first kappa shape index (κ1) is 11.3. The summed E-state index contributed by atoms with van der Waals surface area (Å²) in [7, 11) is 0. The number of nitrogen functional groups attached to an aromatic ring is 1. The van der Waals surface area contributed by atoms with Crippen molar-refractivity contribution in [1.82, 2.24) is 5.32 Å². The summed E-state index contributed by atoms with van der Waals surface area (Å²) in [5.41, 5.74) is 8.01. The van der Waals surface area contributed by atoms with E-state index in [-0.39, 0.29) is 5.91 Å². The Morgan fingerprint density at radius 2 is 1.93 bits per heavy atom. The topological polar surface area (TPSA) is 55.1 Å². The minimum Gasteiger partial charge on any atom is -0.399 e. The van der Waals surface area contributed by atoms with E-state index in [2.05, 4.69) is 5.32 Å². The van der Waals surface area contributed by atoms with Crippen LogP contribution in [0.2, 0.25) is 0 Å². The van der Waals surface area contributed by atoms with Crippen molar-refractivity contribution in [1.29, 1.82) is 0 Å². The first-order valence-corrected chi connectivity index (χ1v) is 4.86. The second kappa shape index (κ2) is 5.20. The van der Waals surface area contributed by atoms with Crippen molar-refractivity contribution in [3.63, 3.8) is 0 Å². The number of amides is 1. The van der Waals surface area contributed by atoms with E-state index in [9.17, 15) is 4.79 Å². The highest BCUT2D eigenvalue weighted by Crippen LogP contribution is 2.04. The van der Waals surface area contributed by atoms with E-state index in [1.807, 2.05) is 19.9 Å². The third-order valence-electron chi connectivity index (χ3n) is 1.95. The van der Waals surface area contributed by atoms with E-state index in [1.54, 1.807) is 24.3 Å². The van der Waals surface area contributed by atoms with Crippen LogP contribution in [0, 0.1) is 0 Å². The minimum absolute atomic E-state index is 0.0764. The molecule has 1 aromatic rings. The van der Waals surface area contributed by atoms with Crippen LogP contribution in [0.4, 0.5) is 5.69 Å². The number of carbonyl (C=O) groups is 1. The molecule has 1 aromatic carbocycles. The first-order valence-electron chi connectivity index (χ1n) is 4.86. The Bertz CT molecular complexity index is 362. The number of nitrogens with one attached hydrogen (secondary N) is 1.